The molecule has 0 aromatic rings. The smallest absolute Gasteiger partial charge is 0.234 e. The van der Waals surface area contributed by atoms with Crippen molar-refractivity contribution >= 4 is 5.94 Å². The van der Waals surface area contributed by atoms with Crippen LogP contribution in [0.15, 0.2) is 17.2 Å². The van der Waals surface area contributed by atoms with E-state index in [1.54, 1.807) is 12.0 Å². The topological polar surface area (TPSA) is 80.4 Å². The van der Waals surface area contributed by atoms with E-state index in [9.17, 15) is 20.0 Å². The van der Waals surface area contributed by atoms with Gasteiger partial charge in [0.05, 0.1) is 6.10 Å². The first-order valence-electron chi connectivity index (χ1n) is 5.84. The third kappa shape index (κ3) is 3.51. The molecule has 0 spiro atoms. The van der Waals surface area contributed by atoms with E-state index in [1.165, 1.54) is 0 Å². The predicted molar refractivity (Wildman–Crippen MR) is 62.8 cm³/mol. The normalized spacial score (nSPS) is 21.6. The van der Waals surface area contributed by atoms with Crippen molar-refractivity contribution < 1.29 is 14.8 Å². The average molecular weight is 239 g/mol. The lowest BCUT2D eigenvalue weighted by Gasteiger charge is -2.20. The number of nitrogens with zero attached hydrogens (tertiary/aromatic N) is 1. The van der Waals surface area contributed by atoms with E-state index in [1.807, 2.05) is 6.92 Å². The molecular formula is C12H17NO4. The maximum atomic E-state index is 11.0. The van der Waals surface area contributed by atoms with Gasteiger partial charge in [-0.15, -0.1) is 0 Å². The number of unbranched alkanes of at least 4 members (excludes halogenated alkanes) is 1. The molecule has 2 unspecified atom stereocenters. The van der Waals surface area contributed by atoms with Crippen molar-refractivity contribution in [3.8, 4) is 0 Å². The molecule has 1 N–H and O–H groups in total. The lowest BCUT2D eigenvalue weighted by Crippen LogP contribution is -2.26. The number of rotatable bonds is 5. The zero-order chi connectivity index (χ0) is 12.8. The van der Waals surface area contributed by atoms with Crippen LogP contribution in [0.25, 0.3) is 0 Å². The molecule has 5 nitrogen and oxygen atoms in total. The van der Waals surface area contributed by atoms with E-state index in [-0.39, 0.29) is 23.3 Å². The van der Waals surface area contributed by atoms with Crippen LogP contribution in [0.5, 0.6) is 0 Å². The SMILES string of the molecule is CCCCC(C1=CCC(O)C(=C=O)C1)[N+](=O)[O-]. The van der Waals surface area contributed by atoms with Gasteiger partial charge in [0.2, 0.25) is 6.04 Å². The fourth-order valence-corrected chi connectivity index (χ4v) is 2.00. The Kier molecular flexibility index (Phi) is 5.07. The first-order valence-corrected chi connectivity index (χ1v) is 5.84. The van der Waals surface area contributed by atoms with Crippen LogP contribution in [0.1, 0.15) is 39.0 Å². The molecule has 0 heterocycles. The minimum atomic E-state index is -0.824. The Morgan fingerprint density at radius 1 is 1.71 bits per heavy atom. The summed E-state index contributed by atoms with van der Waals surface area (Å²) in [5, 5.41) is 20.4. The summed E-state index contributed by atoms with van der Waals surface area (Å²) in [5.74, 6) is 1.69. The zero-order valence-electron chi connectivity index (χ0n) is 9.89. The summed E-state index contributed by atoms with van der Waals surface area (Å²) in [7, 11) is 0. The molecule has 94 valence electrons. The molecule has 1 rings (SSSR count). The van der Waals surface area contributed by atoms with Crippen LogP contribution < -0.4 is 0 Å². The van der Waals surface area contributed by atoms with E-state index in [0.717, 1.165) is 12.8 Å². The lowest BCUT2D eigenvalue weighted by atomic mass is 9.87. The molecule has 0 aromatic carbocycles. The number of nitro groups is 1. The molecule has 0 bridgehead atoms. The molecule has 0 aromatic heterocycles. The first-order chi connectivity index (χ1) is 8.10. The van der Waals surface area contributed by atoms with Gasteiger partial charge in [-0.25, -0.2) is 4.79 Å². The lowest BCUT2D eigenvalue weighted by molar-refractivity contribution is -0.513. The second-order valence-corrected chi connectivity index (χ2v) is 4.28. The van der Waals surface area contributed by atoms with Crippen LogP contribution in [0.4, 0.5) is 0 Å². The highest BCUT2D eigenvalue weighted by Gasteiger charge is 2.30. The van der Waals surface area contributed by atoms with Crippen LogP contribution in [0.3, 0.4) is 0 Å². The molecular weight excluding hydrogens is 222 g/mol. The highest BCUT2D eigenvalue weighted by molar-refractivity contribution is 5.56. The summed E-state index contributed by atoms with van der Waals surface area (Å²) in [6, 6.07) is -0.731. The fraction of sp³-hybridized carbons (Fsp3) is 0.667. The van der Waals surface area contributed by atoms with Crippen LogP contribution >= 0.6 is 0 Å². The van der Waals surface area contributed by atoms with Gasteiger partial charge in [-0.05, 0) is 12.8 Å². The second-order valence-electron chi connectivity index (χ2n) is 4.28. The minimum absolute atomic E-state index is 0.181. The quantitative estimate of drug-likeness (QED) is 0.342. The van der Waals surface area contributed by atoms with Gasteiger partial charge in [0.25, 0.3) is 0 Å². The predicted octanol–water partition coefficient (Wildman–Crippen LogP) is 1.66. The molecule has 1 aliphatic rings. The van der Waals surface area contributed by atoms with Gasteiger partial charge in [0.15, 0.2) is 0 Å². The molecule has 0 fully saturated rings. The van der Waals surface area contributed by atoms with E-state index in [0.29, 0.717) is 12.0 Å². The highest BCUT2D eigenvalue weighted by atomic mass is 16.6. The molecule has 0 saturated carbocycles. The van der Waals surface area contributed by atoms with Crippen LogP contribution in [-0.2, 0) is 4.79 Å². The third-order valence-corrected chi connectivity index (χ3v) is 3.04. The summed E-state index contributed by atoms with van der Waals surface area (Å²) in [6.07, 6.45) is 3.49. The van der Waals surface area contributed by atoms with Gasteiger partial charge in [-0.1, -0.05) is 19.4 Å². The second kappa shape index (κ2) is 6.33. The summed E-state index contributed by atoms with van der Waals surface area (Å²) in [4.78, 5) is 21.3. The zero-order valence-corrected chi connectivity index (χ0v) is 9.89. The van der Waals surface area contributed by atoms with Gasteiger partial charge >= 0.3 is 0 Å². The molecule has 2 atom stereocenters. The summed E-state index contributed by atoms with van der Waals surface area (Å²) < 4.78 is 0. The van der Waals surface area contributed by atoms with E-state index >= 15 is 0 Å². The van der Waals surface area contributed by atoms with E-state index < -0.39 is 12.1 Å². The highest BCUT2D eigenvalue weighted by Crippen LogP contribution is 2.27. The molecule has 1 aliphatic carbocycles. The summed E-state index contributed by atoms with van der Waals surface area (Å²) in [6.45, 7) is 1.98. The summed E-state index contributed by atoms with van der Waals surface area (Å²) >= 11 is 0. The van der Waals surface area contributed by atoms with Crippen molar-refractivity contribution in [2.75, 3.05) is 0 Å². The Labute approximate surface area is 100.0 Å². The first kappa shape index (κ1) is 13.6. The molecule has 0 amide bonds. The molecule has 5 heteroatoms. The van der Waals surface area contributed by atoms with Crippen molar-refractivity contribution in [2.45, 2.75) is 51.2 Å². The van der Waals surface area contributed by atoms with E-state index in [2.05, 4.69) is 0 Å². The molecule has 17 heavy (non-hydrogen) atoms. The number of hydrogen-bond acceptors (Lipinski definition) is 4. The van der Waals surface area contributed by atoms with Crippen molar-refractivity contribution in [1.82, 2.24) is 0 Å². The number of aliphatic hydroxyl groups excluding tert-OH is 1. The van der Waals surface area contributed by atoms with Crippen molar-refractivity contribution in [3.63, 3.8) is 0 Å². The number of carbonyl (C=O) groups excluding carboxylic acids is 1. The third-order valence-electron chi connectivity index (χ3n) is 3.04. The fourth-order valence-electron chi connectivity index (χ4n) is 2.00. The molecule has 0 saturated heterocycles. The Bertz CT molecular complexity index is 369. The maximum Gasteiger partial charge on any atom is 0.234 e. The van der Waals surface area contributed by atoms with Crippen molar-refractivity contribution in [2.24, 2.45) is 0 Å². The van der Waals surface area contributed by atoms with Crippen LogP contribution in [0, 0.1) is 10.1 Å². The largest absolute Gasteiger partial charge is 0.388 e. The van der Waals surface area contributed by atoms with Gasteiger partial charge in [-0.3, -0.25) is 10.1 Å². The Morgan fingerprint density at radius 3 is 2.94 bits per heavy atom. The minimum Gasteiger partial charge on any atom is -0.388 e. The molecule has 0 radical (unpaired) electrons. The van der Waals surface area contributed by atoms with Crippen molar-refractivity contribution in [1.29, 1.82) is 0 Å². The number of aliphatic hydroxyl groups is 1. The van der Waals surface area contributed by atoms with Crippen LogP contribution in [-0.4, -0.2) is 28.1 Å². The van der Waals surface area contributed by atoms with Gasteiger partial charge in [-0.2, -0.15) is 0 Å². The molecule has 0 aliphatic heterocycles. The standard InChI is InChI=1S/C12H17NO4/c1-2-3-4-11(13(16)17)9-5-6-12(15)10(7-9)8-14/h5,11-12,15H,2-4,6-7H2,1H3. The maximum absolute atomic E-state index is 11.0. The van der Waals surface area contributed by atoms with Crippen LogP contribution in [0.2, 0.25) is 0 Å². The Morgan fingerprint density at radius 2 is 2.41 bits per heavy atom. The number of hydrogen-bond donors (Lipinski definition) is 1. The van der Waals surface area contributed by atoms with Gasteiger partial charge < -0.3 is 5.11 Å². The Hall–Kier alpha value is -1.45. The van der Waals surface area contributed by atoms with Gasteiger partial charge in [0, 0.05) is 28.9 Å². The van der Waals surface area contributed by atoms with Gasteiger partial charge in [0.1, 0.15) is 5.94 Å². The van der Waals surface area contributed by atoms with Crippen molar-refractivity contribution in [3.05, 3.63) is 27.3 Å². The monoisotopic (exact) mass is 239 g/mol. The average Bonchev–Trinajstić information content (AvgIpc) is 2.31. The Balaban J connectivity index is 2.82. The summed E-state index contributed by atoms with van der Waals surface area (Å²) in [5.41, 5.74) is 0.859. The van der Waals surface area contributed by atoms with E-state index in [4.69, 9.17) is 0 Å².